The Labute approximate surface area is 144 Å². The van der Waals surface area contributed by atoms with Crippen LogP contribution in [0.4, 0.5) is 0 Å². The van der Waals surface area contributed by atoms with Crippen molar-refractivity contribution < 1.29 is 4.74 Å². The van der Waals surface area contributed by atoms with E-state index in [4.69, 9.17) is 4.74 Å². The smallest absolute Gasteiger partial charge is 0.191 e. The van der Waals surface area contributed by atoms with Crippen LogP contribution in [0.25, 0.3) is 0 Å². The van der Waals surface area contributed by atoms with Crippen LogP contribution in [0.2, 0.25) is 0 Å². The predicted octanol–water partition coefficient (Wildman–Crippen LogP) is 1.91. The Morgan fingerprint density at radius 3 is 2.76 bits per heavy atom. The quantitative estimate of drug-likeness (QED) is 0.283. The van der Waals surface area contributed by atoms with Crippen molar-refractivity contribution in [2.45, 2.75) is 32.7 Å². The van der Waals surface area contributed by atoms with E-state index in [-0.39, 0.29) is 24.0 Å². The summed E-state index contributed by atoms with van der Waals surface area (Å²) >= 11 is 0. The van der Waals surface area contributed by atoms with E-state index in [9.17, 15) is 0 Å². The summed E-state index contributed by atoms with van der Waals surface area (Å²) in [6.45, 7) is 5.34. The van der Waals surface area contributed by atoms with Gasteiger partial charge in [-0.2, -0.15) is 5.10 Å². The van der Waals surface area contributed by atoms with Gasteiger partial charge in [-0.1, -0.05) is 0 Å². The van der Waals surface area contributed by atoms with Crippen LogP contribution in [0.3, 0.4) is 0 Å². The summed E-state index contributed by atoms with van der Waals surface area (Å²) in [5.74, 6) is 0.862. The summed E-state index contributed by atoms with van der Waals surface area (Å²) in [4.78, 5) is 4.56. The van der Waals surface area contributed by atoms with Crippen LogP contribution >= 0.6 is 24.0 Å². The third-order valence-corrected chi connectivity index (χ3v) is 2.98. The molecule has 1 heterocycles. The number of unbranched alkanes of at least 4 members (excludes halogenated alkanes) is 2. The Hall–Kier alpha value is -0.830. The molecule has 0 saturated heterocycles. The molecule has 1 aromatic heterocycles. The lowest BCUT2D eigenvalue weighted by molar-refractivity contribution is 0.192. The van der Waals surface area contributed by atoms with Gasteiger partial charge in [0.1, 0.15) is 0 Å². The molecule has 0 fully saturated rings. The van der Waals surface area contributed by atoms with E-state index in [1.165, 1.54) is 6.42 Å². The maximum absolute atomic E-state index is 5.03. The first-order valence-electron chi connectivity index (χ1n) is 7.26. The van der Waals surface area contributed by atoms with Gasteiger partial charge in [-0.3, -0.25) is 4.68 Å². The second-order valence-electron chi connectivity index (χ2n) is 4.62. The Bertz CT molecular complexity index is 394. The minimum Gasteiger partial charge on any atom is -0.385 e. The van der Waals surface area contributed by atoms with Gasteiger partial charge in [0.2, 0.25) is 0 Å². The number of aromatic nitrogens is 2. The van der Waals surface area contributed by atoms with Crippen LogP contribution in [0, 0.1) is 0 Å². The fourth-order valence-electron chi connectivity index (χ4n) is 1.81. The van der Waals surface area contributed by atoms with Gasteiger partial charge in [0.25, 0.3) is 0 Å². The Balaban J connectivity index is 0.00000400. The minimum atomic E-state index is 0. The standard InChI is InChI=1S/C14H27N5O.HI/c1-4-15-14(16-9-6-5-7-11-20-3)17-12-13-8-10-18-19(13)2;/h8,10H,4-7,9,11-12H2,1-3H3,(H2,15,16,17);1H. The molecule has 0 aliphatic heterocycles. The fraction of sp³-hybridized carbons (Fsp3) is 0.714. The molecule has 2 N–H and O–H groups in total. The summed E-state index contributed by atoms with van der Waals surface area (Å²) < 4.78 is 6.88. The van der Waals surface area contributed by atoms with E-state index in [0.717, 1.165) is 44.2 Å². The normalized spacial score (nSPS) is 11.1. The largest absolute Gasteiger partial charge is 0.385 e. The van der Waals surface area contributed by atoms with Gasteiger partial charge < -0.3 is 15.4 Å². The summed E-state index contributed by atoms with van der Waals surface area (Å²) in [6, 6.07) is 1.98. The first kappa shape index (κ1) is 20.2. The van der Waals surface area contributed by atoms with Crippen LogP contribution in [0.1, 0.15) is 31.9 Å². The lowest BCUT2D eigenvalue weighted by Gasteiger charge is -2.11. The first-order valence-corrected chi connectivity index (χ1v) is 7.26. The number of hydrogen-bond acceptors (Lipinski definition) is 3. The second kappa shape index (κ2) is 12.9. The number of aliphatic imine (C=N–C) groups is 1. The highest BCUT2D eigenvalue weighted by Gasteiger charge is 2.00. The average molecular weight is 409 g/mol. The molecule has 0 spiro atoms. The number of ether oxygens (including phenoxy) is 1. The van der Waals surface area contributed by atoms with Gasteiger partial charge in [0.05, 0.1) is 12.2 Å². The highest BCUT2D eigenvalue weighted by molar-refractivity contribution is 14.0. The molecule has 0 bridgehead atoms. The van der Waals surface area contributed by atoms with E-state index in [1.54, 1.807) is 13.3 Å². The number of nitrogens with one attached hydrogen (secondary N) is 2. The van der Waals surface area contributed by atoms with E-state index in [0.29, 0.717) is 6.54 Å². The lowest BCUT2D eigenvalue weighted by Crippen LogP contribution is -2.37. The van der Waals surface area contributed by atoms with Gasteiger partial charge in [-0.15, -0.1) is 24.0 Å². The molecule has 0 saturated carbocycles. The molecule has 0 radical (unpaired) electrons. The maximum Gasteiger partial charge on any atom is 0.191 e. The fourth-order valence-corrected chi connectivity index (χ4v) is 1.81. The van der Waals surface area contributed by atoms with Crippen molar-refractivity contribution in [3.63, 3.8) is 0 Å². The third-order valence-electron chi connectivity index (χ3n) is 2.98. The van der Waals surface area contributed by atoms with Gasteiger partial charge in [-0.05, 0) is 32.3 Å². The second-order valence-corrected chi connectivity index (χ2v) is 4.62. The average Bonchev–Trinajstić information content (AvgIpc) is 2.85. The van der Waals surface area contributed by atoms with Crippen molar-refractivity contribution in [2.75, 3.05) is 26.8 Å². The lowest BCUT2D eigenvalue weighted by atomic mass is 10.2. The molecule has 7 heteroatoms. The zero-order chi connectivity index (χ0) is 14.6. The molecular formula is C14H28IN5O. The van der Waals surface area contributed by atoms with Crippen LogP contribution < -0.4 is 10.6 Å². The van der Waals surface area contributed by atoms with Gasteiger partial charge in [0.15, 0.2) is 5.96 Å². The van der Waals surface area contributed by atoms with Crippen LogP contribution in [0.5, 0.6) is 0 Å². The van der Waals surface area contributed by atoms with Gasteiger partial charge in [-0.25, -0.2) is 4.99 Å². The SMILES string of the molecule is CCNC(=NCc1ccnn1C)NCCCCCOC.I. The number of hydrogen-bond donors (Lipinski definition) is 2. The summed E-state index contributed by atoms with van der Waals surface area (Å²) in [5, 5.41) is 10.7. The first-order chi connectivity index (χ1) is 9.77. The topological polar surface area (TPSA) is 63.5 Å². The zero-order valence-corrected chi connectivity index (χ0v) is 15.6. The zero-order valence-electron chi connectivity index (χ0n) is 13.3. The number of nitrogens with zero attached hydrogens (tertiary/aromatic N) is 3. The third kappa shape index (κ3) is 8.92. The molecule has 0 aromatic carbocycles. The molecule has 122 valence electrons. The highest BCUT2D eigenvalue weighted by atomic mass is 127. The Morgan fingerprint density at radius 1 is 1.33 bits per heavy atom. The number of halogens is 1. The molecular weight excluding hydrogens is 381 g/mol. The maximum atomic E-state index is 5.03. The van der Waals surface area contributed by atoms with Crippen molar-refractivity contribution in [3.05, 3.63) is 18.0 Å². The number of methoxy groups -OCH3 is 1. The van der Waals surface area contributed by atoms with Crippen molar-refractivity contribution in [1.82, 2.24) is 20.4 Å². The van der Waals surface area contributed by atoms with Gasteiger partial charge >= 0.3 is 0 Å². The Morgan fingerprint density at radius 2 is 2.14 bits per heavy atom. The van der Waals surface area contributed by atoms with E-state index in [2.05, 4.69) is 27.6 Å². The molecule has 1 rings (SSSR count). The molecule has 0 aliphatic rings. The highest BCUT2D eigenvalue weighted by Crippen LogP contribution is 1.98. The molecule has 0 aliphatic carbocycles. The van der Waals surface area contributed by atoms with Crippen molar-refractivity contribution in [1.29, 1.82) is 0 Å². The molecule has 21 heavy (non-hydrogen) atoms. The van der Waals surface area contributed by atoms with Crippen LogP contribution in [0.15, 0.2) is 17.3 Å². The van der Waals surface area contributed by atoms with Crippen molar-refractivity contribution in [3.8, 4) is 0 Å². The number of rotatable bonds is 9. The predicted molar refractivity (Wildman–Crippen MR) is 97.2 cm³/mol. The number of aryl methyl sites for hydroxylation is 1. The molecule has 0 unspecified atom stereocenters. The minimum absolute atomic E-state index is 0. The monoisotopic (exact) mass is 409 g/mol. The van der Waals surface area contributed by atoms with Crippen molar-refractivity contribution in [2.24, 2.45) is 12.0 Å². The van der Waals surface area contributed by atoms with E-state index < -0.39 is 0 Å². The van der Waals surface area contributed by atoms with Crippen LogP contribution in [-0.4, -0.2) is 42.5 Å². The molecule has 0 atom stereocenters. The molecule has 6 nitrogen and oxygen atoms in total. The van der Waals surface area contributed by atoms with E-state index >= 15 is 0 Å². The molecule has 1 aromatic rings. The number of guanidine groups is 1. The van der Waals surface area contributed by atoms with Crippen molar-refractivity contribution >= 4 is 29.9 Å². The Kier molecular flexibility index (Phi) is 12.4. The van der Waals surface area contributed by atoms with Gasteiger partial charge in [0, 0.05) is 40.1 Å². The summed E-state index contributed by atoms with van der Waals surface area (Å²) in [5.41, 5.74) is 1.10. The van der Waals surface area contributed by atoms with Crippen LogP contribution in [-0.2, 0) is 18.3 Å². The summed E-state index contributed by atoms with van der Waals surface area (Å²) in [6.07, 6.45) is 5.20. The molecule has 0 amide bonds. The van der Waals surface area contributed by atoms with E-state index in [1.807, 2.05) is 17.8 Å². The summed E-state index contributed by atoms with van der Waals surface area (Å²) in [7, 11) is 3.67.